The number of carbonyl (C=O) groups excluding carboxylic acids is 1. The number of nitrogens with zero attached hydrogens (tertiary/aromatic N) is 4. The van der Waals surface area contributed by atoms with Crippen molar-refractivity contribution in [1.29, 1.82) is 0 Å². The Morgan fingerprint density at radius 2 is 1.87 bits per heavy atom. The van der Waals surface area contributed by atoms with E-state index in [0.717, 1.165) is 16.9 Å². The molecular weight excluding hydrogens is 388 g/mol. The lowest BCUT2D eigenvalue weighted by Gasteiger charge is -2.29. The molecule has 154 valence electrons. The van der Waals surface area contributed by atoms with Crippen molar-refractivity contribution in [2.24, 2.45) is 0 Å². The van der Waals surface area contributed by atoms with Crippen LogP contribution in [0.1, 0.15) is 15.9 Å². The monoisotopic (exact) mass is 408 g/mol. The first-order chi connectivity index (χ1) is 14.6. The van der Waals surface area contributed by atoms with Crippen LogP contribution in [0, 0.1) is 10.1 Å². The first kappa shape index (κ1) is 19.6. The summed E-state index contributed by atoms with van der Waals surface area (Å²) >= 11 is 0. The summed E-state index contributed by atoms with van der Waals surface area (Å²) in [6, 6.07) is 13.7. The van der Waals surface area contributed by atoms with Crippen molar-refractivity contribution in [1.82, 2.24) is 9.78 Å². The number of aromatic nitrogens is 2. The first-order valence-corrected chi connectivity index (χ1v) is 9.49. The predicted molar refractivity (Wildman–Crippen MR) is 109 cm³/mol. The molecule has 0 amide bonds. The van der Waals surface area contributed by atoms with Crippen LogP contribution in [0.4, 0.5) is 11.4 Å². The SMILES string of the molecule is O=C(OCc1ccc(-n2cccn2)cc1)c1cc(N2CCOCC2)ccc1[N+](=O)[O-]. The molecule has 2 heterocycles. The van der Waals surface area contributed by atoms with Gasteiger partial charge in [0.05, 0.1) is 23.8 Å². The van der Waals surface area contributed by atoms with E-state index >= 15 is 0 Å². The highest BCUT2D eigenvalue weighted by molar-refractivity contribution is 5.95. The Hall–Kier alpha value is -3.72. The predicted octanol–water partition coefficient (Wildman–Crippen LogP) is 2.97. The van der Waals surface area contributed by atoms with Crippen molar-refractivity contribution < 1.29 is 19.2 Å². The van der Waals surface area contributed by atoms with Gasteiger partial charge in [-0.3, -0.25) is 10.1 Å². The summed E-state index contributed by atoms with van der Waals surface area (Å²) in [5, 5.41) is 15.6. The van der Waals surface area contributed by atoms with E-state index in [-0.39, 0.29) is 17.9 Å². The fourth-order valence-corrected chi connectivity index (χ4v) is 3.26. The molecule has 0 radical (unpaired) electrons. The molecule has 2 aromatic carbocycles. The van der Waals surface area contributed by atoms with E-state index in [1.165, 1.54) is 12.1 Å². The molecule has 0 saturated carbocycles. The van der Waals surface area contributed by atoms with Crippen LogP contribution in [0.2, 0.25) is 0 Å². The van der Waals surface area contributed by atoms with Gasteiger partial charge in [0.15, 0.2) is 0 Å². The van der Waals surface area contributed by atoms with E-state index in [1.807, 2.05) is 41.4 Å². The Balaban J connectivity index is 1.48. The molecule has 0 aliphatic carbocycles. The van der Waals surface area contributed by atoms with E-state index < -0.39 is 10.9 Å². The average Bonchev–Trinajstić information content (AvgIpc) is 3.33. The molecule has 4 rings (SSSR count). The molecule has 9 nitrogen and oxygen atoms in total. The molecule has 9 heteroatoms. The topological polar surface area (TPSA) is 99.7 Å². The first-order valence-electron chi connectivity index (χ1n) is 9.49. The third-order valence-electron chi connectivity index (χ3n) is 4.85. The number of hydrogen-bond acceptors (Lipinski definition) is 7. The standard InChI is InChI=1S/C21H20N4O5/c26-21(30-15-16-2-4-17(5-3-16)24-9-1-8-22-24)19-14-18(6-7-20(19)25(27)28)23-10-12-29-13-11-23/h1-9,14H,10-13,15H2. The summed E-state index contributed by atoms with van der Waals surface area (Å²) in [4.78, 5) is 25.5. The summed E-state index contributed by atoms with van der Waals surface area (Å²) in [7, 11) is 0. The van der Waals surface area contributed by atoms with Gasteiger partial charge in [0.25, 0.3) is 5.69 Å². The van der Waals surface area contributed by atoms with E-state index in [2.05, 4.69) is 5.10 Å². The van der Waals surface area contributed by atoms with Crippen LogP contribution in [-0.4, -0.2) is 47.0 Å². The van der Waals surface area contributed by atoms with Crippen molar-refractivity contribution in [2.45, 2.75) is 6.61 Å². The second-order valence-electron chi connectivity index (χ2n) is 6.75. The van der Waals surface area contributed by atoms with Gasteiger partial charge in [0.2, 0.25) is 0 Å². The molecular formula is C21H20N4O5. The molecule has 3 aromatic rings. The lowest BCUT2D eigenvalue weighted by molar-refractivity contribution is -0.385. The summed E-state index contributed by atoms with van der Waals surface area (Å²) in [6.07, 6.45) is 3.52. The summed E-state index contributed by atoms with van der Waals surface area (Å²) in [5.74, 6) is -0.729. The van der Waals surface area contributed by atoms with E-state index in [1.54, 1.807) is 16.9 Å². The number of nitro benzene ring substituents is 1. The van der Waals surface area contributed by atoms with Crippen LogP contribution in [0.25, 0.3) is 5.69 Å². The second kappa shape index (κ2) is 8.75. The molecule has 0 bridgehead atoms. The van der Waals surface area contributed by atoms with Crippen LogP contribution < -0.4 is 4.90 Å². The van der Waals surface area contributed by atoms with Crippen molar-refractivity contribution in [2.75, 3.05) is 31.2 Å². The highest BCUT2D eigenvalue weighted by Gasteiger charge is 2.24. The number of esters is 1. The van der Waals surface area contributed by atoms with Gasteiger partial charge in [-0.2, -0.15) is 5.10 Å². The van der Waals surface area contributed by atoms with Crippen molar-refractivity contribution >= 4 is 17.3 Å². The minimum absolute atomic E-state index is 0.0111. The van der Waals surface area contributed by atoms with Crippen LogP contribution in [0.3, 0.4) is 0 Å². The maximum atomic E-state index is 12.6. The zero-order valence-electron chi connectivity index (χ0n) is 16.1. The van der Waals surface area contributed by atoms with Crippen molar-refractivity contribution in [3.05, 3.63) is 82.2 Å². The lowest BCUT2D eigenvalue weighted by atomic mass is 10.1. The molecule has 1 aromatic heterocycles. The van der Waals surface area contributed by atoms with Gasteiger partial charge in [-0.25, -0.2) is 9.48 Å². The van der Waals surface area contributed by atoms with E-state index in [9.17, 15) is 14.9 Å². The van der Waals surface area contributed by atoms with Crippen molar-refractivity contribution in [3.63, 3.8) is 0 Å². The molecule has 1 fully saturated rings. The maximum absolute atomic E-state index is 12.6. The average molecular weight is 408 g/mol. The Morgan fingerprint density at radius 1 is 1.13 bits per heavy atom. The number of rotatable bonds is 6. The minimum Gasteiger partial charge on any atom is -0.457 e. The Bertz CT molecular complexity index is 1030. The second-order valence-corrected chi connectivity index (χ2v) is 6.75. The largest absolute Gasteiger partial charge is 0.457 e. The molecule has 0 unspecified atom stereocenters. The van der Waals surface area contributed by atoms with E-state index in [0.29, 0.717) is 26.3 Å². The molecule has 0 atom stereocenters. The van der Waals surface area contributed by atoms with Gasteiger partial charge in [0, 0.05) is 37.2 Å². The molecule has 0 N–H and O–H groups in total. The molecule has 1 saturated heterocycles. The van der Waals surface area contributed by atoms with Crippen molar-refractivity contribution in [3.8, 4) is 5.69 Å². The number of morpholine rings is 1. The highest BCUT2D eigenvalue weighted by Crippen LogP contribution is 2.27. The molecule has 30 heavy (non-hydrogen) atoms. The fraction of sp³-hybridized carbons (Fsp3) is 0.238. The number of benzene rings is 2. The van der Waals surface area contributed by atoms with Crippen LogP contribution in [-0.2, 0) is 16.1 Å². The quantitative estimate of drug-likeness (QED) is 0.351. The lowest BCUT2D eigenvalue weighted by Crippen LogP contribution is -2.36. The van der Waals surface area contributed by atoms with Gasteiger partial charge in [0.1, 0.15) is 12.2 Å². The number of ether oxygens (including phenoxy) is 2. The van der Waals surface area contributed by atoms with Crippen LogP contribution in [0.5, 0.6) is 0 Å². The van der Waals surface area contributed by atoms with Gasteiger partial charge < -0.3 is 14.4 Å². The summed E-state index contributed by atoms with van der Waals surface area (Å²) in [6.45, 7) is 2.48. The fourth-order valence-electron chi connectivity index (χ4n) is 3.26. The molecule has 0 spiro atoms. The number of nitro groups is 1. The van der Waals surface area contributed by atoms with Gasteiger partial charge in [-0.1, -0.05) is 12.1 Å². The van der Waals surface area contributed by atoms with Gasteiger partial charge in [-0.05, 0) is 35.9 Å². The minimum atomic E-state index is -0.729. The Morgan fingerprint density at radius 3 is 2.53 bits per heavy atom. The molecule has 1 aliphatic heterocycles. The van der Waals surface area contributed by atoms with Gasteiger partial charge in [-0.15, -0.1) is 0 Å². The Kier molecular flexibility index (Phi) is 5.71. The van der Waals surface area contributed by atoms with Gasteiger partial charge >= 0.3 is 5.97 Å². The Labute approximate surface area is 172 Å². The number of anilines is 1. The maximum Gasteiger partial charge on any atom is 0.345 e. The van der Waals surface area contributed by atoms with E-state index in [4.69, 9.17) is 9.47 Å². The molecule has 1 aliphatic rings. The summed E-state index contributed by atoms with van der Waals surface area (Å²) in [5.41, 5.74) is 2.05. The third-order valence-corrected chi connectivity index (χ3v) is 4.85. The van der Waals surface area contributed by atoms with Crippen LogP contribution >= 0.6 is 0 Å². The normalized spacial score (nSPS) is 13.8. The summed E-state index contributed by atoms with van der Waals surface area (Å²) < 4.78 is 12.4. The number of hydrogen-bond donors (Lipinski definition) is 0. The zero-order valence-corrected chi connectivity index (χ0v) is 16.1. The number of carbonyl (C=O) groups is 1. The van der Waals surface area contributed by atoms with Crippen LogP contribution in [0.15, 0.2) is 60.9 Å². The smallest absolute Gasteiger partial charge is 0.345 e. The highest BCUT2D eigenvalue weighted by atomic mass is 16.6. The third kappa shape index (κ3) is 4.31. The zero-order chi connectivity index (χ0) is 20.9.